The van der Waals surface area contributed by atoms with E-state index < -0.39 is 11.1 Å². The summed E-state index contributed by atoms with van der Waals surface area (Å²) < 4.78 is 0. The zero-order chi connectivity index (χ0) is 18.8. The number of carbonyl (C=O) groups is 1. The molecule has 5 rings (SSSR count). The number of nitrogens with zero attached hydrogens (tertiary/aromatic N) is 1. The Morgan fingerprint density at radius 1 is 0.889 bits per heavy atom. The molecule has 2 aliphatic heterocycles. The van der Waals surface area contributed by atoms with Crippen LogP contribution >= 0.6 is 0 Å². The van der Waals surface area contributed by atoms with Gasteiger partial charge in [0.05, 0.1) is 5.60 Å². The minimum atomic E-state index is -1.03. The highest BCUT2D eigenvalue weighted by atomic mass is 16.3. The summed E-state index contributed by atoms with van der Waals surface area (Å²) >= 11 is 0. The first-order chi connectivity index (χ1) is 13.0. The molecule has 3 nitrogen and oxygen atoms in total. The second kappa shape index (κ2) is 5.30. The quantitative estimate of drug-likeness (QED) is 0.737. The summed E-state index contributed by atoms with van der Waals surface area (Å²) in [6.45, 7) is 3.68. The van der Waals surface area contributed by atoms with Gasteiger partial charge in [-0.15, -0.1) is 0 Å². The van der Waals surface area contributed by atoms with E-state index in [-0.39, 0.29) is 11.8 Å². The summed E-state index contributed by atoms with van der Waals surface area (Å²) in [6.07, 6.45) is 0. The fourth-order valence-electron chi connectivity index (χ4n) is 5.18. The van der Waals surface area contributed by atoms with Crippen LogP contribution in [0, 0.1) is 0 Å². The summed E-state index contributed by atoms with van der Waals surface area (Å²) in [5.41, 5.74) is 2.81. The molecule has 3 heteroatoms. The van der Waals surface area contributed by atoms with Gasteiger partial charge < -0.3 is 5.11 Å². The Labute approximate surface area is 158 Å². The van der Waals surface area contributed by atoms with Crippen LogP contribution in [0.3, 0.4) is 0 Å². The molecule has 0 aliphatic carbocycles. The van der Waals surface area contributed by atoms with Crippen LogP contribution in [-0.2, 0) is 5.54 Å². The molecule has 0 fully saturated rings. The van der Waals surface area contributed by atoms with Crippen LogP contribution in [0.25, 0.3) is 0 Å². The van der Waals surface area contributed by atoms with Crippen molar-refractivity contribution in [3.8, 4) is 0 Å². The highest BCUT2D eigenvalue weighted by molar-refractivity contribution is 6.15. The standard InChI is InChI=1S/C24H21NO2/c1-23(2,27)21-18-13-7-9-15-20(18)25-22(26)17-12-6-8-14-19(17)24(21,25)16-10-4-3-5-11-16/h3-15,21,27H,1-2H3/t21-,24+/m0/s1. The molecule has 1 amide bonds. The molecule has 27 heavy (non-hydrogen) atoms. The Balaban J connectivity index is 1.96. The Hall–Kier alpha value is -2.91. The fraction of sp³-hybridized carbons (Fsp3) is 0.208. The van der Waals surface area contributed by atoms with Crippen molar-refractivity contribution in [1.29, 1.82) is 0 Å². The minimum Gasteiger partial charge on any atom is -0.390 e. The van der Waals surface area contributed by atoms with Gasteiger partial charge in [0, 0.05) is 17.2 Å². The van der Waals surface area contributed by atoms with E-state index in [9.17, 15) is 9.90 Å². The lowest BCUT2D eigenvalue weighted by molar-refractivity contribution is 0.0307. The van der Waals surface area contributed by atoms with Crippen molar-refractivity contribution in [1.82, 2.24) is 0 Å². The number of benzene rings is 3. The van der Waals surface area contributed by atoms with Gasteiger partial charge in [0.25, 0.3) is 5.91 Å². The van der Waals surface area contributed by atoms with Crippen LogP contribution in [0.5, 0.6) is 0 Å². The monoisotopic (exact) mass is 355 g/mol. The third-order valence-corrected chi connectivity index (χ3v) is 5.95. The van der Waals surface area contributed by atoms with Crippen molar-refractivity contribution >= 4 is 11.6 Å². The molecule has 1 N–H and O–H groups in total. The average molecular weight is 355 g/mol. The van der Waals surface area contributed by atoms with Gasteiger partial charge >= 0.3 is 0 Å². The fourth-order valence-corrected chi connectivity index (χ4v) is 5.18. The Kier molecular flexibility index (Phi) is 3.20. The molecule has 2 aliphatic rings. The average Bonchev–Trinajstić information content (AvgIpc) is 3.12. The first-order valence-electron chi connectivity index (χ1n) is 9.28. The van der Waals surface area contributed by atoms with Gasteiger partial charge in [-0.05, 0) is 42.7 Å². The Morgan fingerprint density at radius 2 is 1.52 bits per heavy atom. The number of hydrogen-bond donors (Lipinski definition) is 1. The highest BCUT2D eigenvalue weighted by Gasteiger charge is 2.64. The number of aliphatic hydroxyl groups is 1. The number of amides is 1. The maximum Gasteiger partial charge on any atom is 0.259 e. The van der Waals surface area contributed by atoms with E-state index in [1.54, 1.807) is 0 Å². The maximum atomic E-state index is 13.5. The van der Waals surface area contributed by atoms with Crippen LogP contribution in [0.2, 0.25) is 0 Å². The van der Waals surface area contributed by atoms with Crippen LogP contribution in [0.1, 0.15) is 46.8 Å². The number of anilines is 1. The zero-order valence-electron chi connectivity index (χ0n) is 15.4. The molecule has 2 heterocycles. The molecular formula is C24H21NO2. The van der Waals surface area contributed by atoms with Gasteiger partial charge in [-0.3, -0.25) is 9.69 Å². The molecular weight excluding hydrogens is 334 g/mol. The van der Waals surface area contributed by atoms with E-state index in [0.717, 1.165) is 22.4 Å². The maximum absolute atomic E-state index is 13.5. The van der Waals surface area contributed by atoms with Gasteiger partial charge in [-0.2, -0.15) is 0 Å². The van der Waals surface area contributed by atoms with E-state index in [0.29, 0.717) is 5.56 Å². The van der Waals surface area contributed by atoms with E-state index >= 15 is 0 Å². The normalized spacial score (nSPS) is 23.1. The molecule has 0 aromatic heterocycles. The van der Waals surface area contributed by atoms with Crippen molar-refractivity contribution in [3.05, 3.63) is 101 Å². The molecule has 3 aromatic rings. The van der Waals surface area contributed by atoms with Gasteiger partial charge in [0.15, 0.2) is 0 Å². The Bertz CT molecular complexity index is 1050. The predicted molar refractivity (Wildman–Crippen MR) is 106 cm³/mol. The number of hydrogen-bond acceptors (Lipinski definition) is 2. The summed E-state index contributed by atoms with van der Waals surface area (Å²) in [5.74, 6) is -0.287. The minimum absolute atomic E-state index is 0.00588. The molecule has 0 saturated carbocycles. The van der Waals surface area contributed by atoms with Crippen molar-refractivity contribution < 1.29 is 9.90 Å². The molecule has 2 atom stereocenters. The zero-order valence-corrected chi connectivity index (χ0v) is 15.4. The third kappa shape index (κ3) is 1.92. The summed E-state index contributed by atoms with van der Waals surface area (Å²) in [5, 5.41) is 11.3. The SMILES string of the molecule is CC(C)(O)[C@@H]1c2ccccc2N2C(=O)c3ccccc3[C@]12c1ccccc1. The van der Waals surface area contributed by atoms with Gasteiger partial charge in [0.2, 0.25) is 0 Å². The van der Waals surface area contributed by atoms with Crippen LogP contribution < -0.4 is 4.90 Å². The number of para-hydroxylation sites is 1. The summed E-state index contributed by atoms with van der Waals surface area (Å²) in [7, 11) is 0. The Morgan fingerprint density at radius 3 is 2.26 bits per heavy atom. The van der Waals surface area contributed by atoms with Crippen LogP contribution in [0.4, 0.5) is 5.69 Å². The van der Waals surface area contributed by atoms with Gasteiger partial charge in [-0.25, -0.2) is 0 Å². The lowest BCUT2D eigenvalue weighted by atomic mass is 9.66. The van der Waals surface area contributed by atoms with Crippen molar-refractivity contribution in [2.45, 2.75) is 30.9 Å². The largest absolute Gasteiger partial charge is 0.390 e. The first kappa shape index (κ1) is 16.3. The smallest absolute Gasteiger partial charge is 0.259 e. The second-order valence-electron chi connectivity index (χ2n) is 7.96. The predicted octanol–water partition coefficient (Wildman–Crippen LogP) is 4.46. The van der Waals surface area contributed by atoms with E-state index in [1.807, 2.05) is 85.5 Å². The van der Waals surface area contributed by atoms with Crippen LogP contribution in [-0.4, -0.2) is 16.6 Å². The molecule has 0 unspecified atom stereocenters. The van der Waals surface area contributed by atoms with Crippen molar-refractivity contribution in [3.63, 3.8) is 0 Å². The summed E-state index contributed by atoms with van der Waals surface area (Å²) in [6, 6.07) is 25.9. The highest BCUT2D eigenvalue weighted by Crippen LogP contribution is 2.63. The van der Waals surface area contributed by atoms with E-state index in [4.69, 9.17) is 0 Å². The molecule has 0 spiro atoms. The summed E-state index contributed by atoms with van der Waals surface area (Å²) in [4.78, 5) is 15.4. The third-order valence-electron chi connectivity index (χ3n) is 5.95. The topological polar surface area (TPSA) is 40.5 Å². The molecule has 134 valence electrons. The lowest BCUT2D eigenvalue weighted by Crippen LogP contribution is -2.50. The molecule has 3 aromatic carbocycles. The van der Waals surface area contributed by atoms with Gasteiger partial charge in [-0.1, -0.05) is 66.7 Å². The van der Waals surface area contributed by atoms with E-state index in [2.05, 4.69) is 12.1 Å². The number of fused-ring (bicyclic) bond motifs is 5. The first-order valence-corrected chi connectivity index (χ1v) is 9.28. The van der Waals surface area contributed by atoms with E-state index in [1.165, 1.54) is 0 Å². The second-order valence-corrected chi connectivity index (χ2v) is 7.96. The number of carbonyl (C=O) groups excluding carboxylic acids is 1. The molecule has 0 radical (unpaired) electrons. The van der Waals surface area contributed by atoms with Crippen LogP contribution in [0.15, 0.2) is 78.9 Å². The molecule has 0 bridgehead atoms. The number of rotatable bonds is 2. The van der Waals surface area contributed by atoms with Gasteiger partial charge in [0.1, 0.15) is 5.54 Å². The van der Waals surface area contributed by atoms with Crippen molar-refractivity contribution in [2.24, 2.45) is 0 Å². The lowest BCUT2D eigenvalue weighted by Gasteiger charge is -2.43. The van der Waals surface area contributed by atoms with Crippen molar-refractivity contribution in [2.75, 3.05) is 4.90 Å². The molecule has 0 saturated heterocycles.